The summed E-state index contributed by atoms with van der Waals surface area (Å²) in [5, 5.41) is 6.61. The van der Waals surface area contributed by atoms with Crippen LogP contribution in [0.15, 0.2) is 90.4 Å². The minimum atomic E-state index is -4.81. The molecule has 0 aliphatic carbocycles. The van der Waals surface area contributed by atoms with Gasteiger partial charge in [0, 0.05) is 23.1 Å². The van der Waals surface area contributed by atoms with Crippen molar-refractivity contribution in [1.82, 2.24) is 9.78 Å². The van der Waals surface area contributed by atoms with E-state index in [0.29, 0.717) is 10.4 Å². The van der Waals surface area contributed by atoms with E-state index in [1.54, 1.807) is 43.3 Å². The molecule has 0 radical (unpaired) electrons. The lowest BCUT2D eigenvalue weighted by atomic mass is 10.0. The van der Waals surface area contributed by atoms with Crippen molar-refractivity contribution in [3.8, 4) is 11.3 Å². The van der Waals surface area contributed by atoms with Crippen molar-refractivity contribution < 1.29 is 30.8 Å². The van der Waals surface area contributed by atoms with Crippen LogP contribution in [-0.2, 0) is 27.4 Å². The first-order chi connectivity index (χ1) is 18.3. The maximum atomic E-state index is 14.0. The molecule has 3 aromatic rings. The average molecular weight is 564 g/mol. The molecule has 0 saturated carbocycles. The van der Waals surface area contributed by atoms with E-state index in [1.165, 1.54) is 55.5 Å². The van der Waals surface area contributed by atoms with Crippen LogP contribution in [0.4, 0.5) is 23.2 Å². The van der Waals surface area contributed by atoms with Crippen molar-refractivity contribution in [2.24, 2.45) is 0 Å². The molecule has 0 aliphatic heterocycles. The number of hydrogen-bond donors (Lipinski definition) is 1. The Balaban J connectivity index is 0.000000798. The molecule has 1 N–H and O–H groups in total. The van der Waals surface area contributed by atoms with Gasteiger partial charge in [-0.1, -0.05) is 67.3 Å². The number of alkyl halides is 4. The predicted molar refractivity (Wildman–Crippen MR) is 145 cm³/mol. The van der Waals surface area contributed by atoms with Gasteiger partial charge >= 0.3 is 6.18 Å². The van der Waals surface area contributed by atoms with Gasteiger partial charge in [0.2, 0.25) is 5.91 Å². The van der Waals surface area contributed by atoms with Crippen LogP contribution in [0.25, 0.3) is 17.3 Å². The van der Waals surface area contributed by atoms with Crippen LogP contribution < -0.4 is 5.32 Å². The number of nitrogens with zero attached hydrogens (tertiary/aromatic N) is 2. The lowest BCUT2D eigenvalue weighted by molar-refractivity contribution is -0.144. The topological polar surface area (TPSA) is 81.1 Å². The summed E-state index contributed by atoms with van der Waals surface area (Å²) in [5.74, 6) is -0.688. The molecule has 1 aromatic heterocycles. The summed E-state index contributed by atoms with van der Waals surface area (Å²) in [6, 6.07) is 13.7. The van der Waals surface area contributed by atoms with Gasteiger partial charge in [-0.05, 0) is 38.1 Å². The third-order valence-corrected chi connectivity index (χ3v) is 6.15. The second kappa shape index (κ2) is 13.7. The molecule has 0 aliphatic rings. The second-order valence-electron chi connectivity index (χ2n) is 8.28. The Hall–Kier alpha value is -3.99. The molecule has 1 heterocycles. The average Bonchev–Trinajstić information content (AvgIpc) is 3.21. The van der Waals surface area contributed by atoms with E-state index in [9.17, 15) is 30.8 Å². The lowest BCUT2D eigenvalue weighted by Gasteiger charge is -2.12. The van der Waals surface area contributed by atoms with E-state index >= 15 is 0 Å². The van der Waals surface area contributed by atoms with Gasteiger partial charge in [0.15, 0.2) is 15.5 Å². The number of allylic oxidation sites excluding steroid dienone is 4. The molecule has 1 atom stereocenters. The zero-order valence-electron chi connectivity index (χ0n) is 21.6. The first-order valence-electron chi connectivity index (χ1n) is 11.7. The Morgan fingerprint density at radius 3 is 2.21 bits per heavy atom. The highest BCUT2D eigenvalue weighted by atomic mass is 32.2. The number of hydrogen-bond acceptors (Lipinski definition) is 4. The monoisotopic (exact) mass is 563 g/mol. The largest absolute Gasteiger partial charge is 0.433 e. The van der Waals surface area contributed by atoms with Crippen molar-refractivity contribution in [2.45, 2.75) is 37.6 Å². The number of carbonyl (C=O) groups excluding carboxylic acids is 1. The SMILES string of the molecule is C/C=C\C(C)F.C=C/C=C/c1c(-c2ccc(S(C)(=O)=O)cc2)nn(CC(=O)Nc2ccccc2)c1C(F)(F)F. The number of halogens is 4. The summed E-state index contributed by atoms with van der Waals surface area (Å²) >= 11 is 0. The maximum absolute atomic E-state index is 14.0. The number of rotatable bonds is 8. The molecule has 0 bridgehead atoms. The lowest BCUT2D eigenvalue weighted by Crippen LogP contribution is -2.24. The van der Waals surface area contributed by atoms with E-state index in [0.717, 1.165) is 6.26 Å². The quantitative estimate of drug-likeness (QED) is 0.187. The maximum Gasteiger partial charge on any atom is 0.433 e. The number of amides is 1. The summed E-state index contributed by atoms with van der Waals surface area (Å²) in [7, 11) is -3.48. The van der Waals surface area contributed by atoms with Gasteiger partial charge in [0.05, 0.1) is 4.90 Å². The van der Waals surface area contributed by atoms with Crippen LogP contribution in [0, 0.1) is 0 Å². The van der Waals surface area contributed by atoms with Gasteiger partial charge in [0.1, 0.15) is 18.4 Å². The van der Waals surface area contributed by atoms with E-state index in [-0.39, 0.29) is 21.7 Å². The molecule has 2 aromatic carbocycles. The molecule has 0 saturated heterocycles. The number of sulfone groups is 1. The number of para-hydroxylation sites is 1. The molecular weight excluding hydrogens is 534 g/mol. The summed E-state index contributed by atoms with van der Waals surface area (Å²) in [5.41, 5.74) is -0.716. The highest BCUT2D eigenvalue weighted by Crippen LogP contribution is 2.38. The van der Waals surface area contributed by atoms with E-state index < -0.39 is 40.3 Å². The zero-order chi connectivity index (χ0) is 29.2. The Labute approximate surface area is 225 Å². The Morgan fingerprint density at radius 2 is 1.74 bits per heavy atom. The van der Waals surface area contributed by atoms with Crippen molar-refractivity contribution in [3.05, 3.63) is 96.7 Å². The fourth-order valence-electron chi connectivity index (χ4n) is 3.41. The Kier molecular flexibility index (Phi) is 11.0. The van der Waals surface area contributed by atoms with Crippen LogP contribution in [0.3, 0.4) is 0 Å². The fraction of sp³-hybridized carbons (Fsp3) is 0.214. The van der Waals surface area contributed by atoms with Crippen LogP contribution in [0.1, 0.15) is 25.1 Å². The fourth-order valence-corrected chi connectivity index (χ4v) is 4.04. The van der Waals surface area contributed by atoms with Crippen molar-refractivity contribution >= 4 is 27.5 Å². The van der Waals surface area contributed by atoms with Crippen molar-refractivity contribution in [2.75, 3.05) is 11.6 Å². The zero-order valence-corrected chi connectivity index (χ0v) is 22.4. The van der Waals surface area contributed by atoms with Crippen molar-refractivity contribution in [3.63, 3.8) is 0 Å². The molecule has 0 spiro atoms. The van der Waals surface area contributed by atoms with E-state index in [2.05, 4.69) is 17.0 Å². The van der Waals surface area contributed by atoms with Crippen LogP contribution in [-0.4, -0.2) is 36.5 Å². The number of nitrogens with one attached hydrogen (secondary N) is 1. The highest BCUT2D eigenvalue weighted by molar-refractivity contribution is 7.90. The van der Waals surface area contributed by atoms with E-state index in [1.807, 2.05) is 0 Å². The molecule has 39 heavy (non-hydrogen) atoms. The molecule has 11 heteroatoms. The minimum absolute atomic E-state index is 0.0205. The Morgan fingerprint density at radius 1 is 1.13 bits per heavy atom. The standard InChI is InChI=1S/C23H20F3N3O3S.C5H9F/c1-3-4-10-19-21(16-11-13-18(14-12-16)33(2,31)32)28-29(22(19)23(24,25)26)15-20(30)27-17-8-6-5-7-9-17;1-3-4-5(2)6/h3-14H,1,15H2,2H3,(H,27,30);3-5H,1-2H3/b10-4+;4-3-. The summed E-state index contributed by atoms with van der Waals surface area (Å²) in [6.45, 7) is 6.11. The molecule has 0 fully saturated rings. The van der Waals surface area contributed by atoms with Crippen LogP contribution in [0.5, 0.6) is 0 Å². The van der Waals surface area contributed by atoms with Crippen molar-refractivity contribution in [1.29, 1.82) is 0 Å². The summed E-state index contributed by atoms with van der Waals surface area (Å²) in [6.07, 6.45) is 2.48. The smallest absolute Gasteiger partial charge is 0.324 e. The van der Waals surface area contributed by atoms with Gasteiger partial charge in [-0.15, -0.1) is 0 Å². The molecule has 208 valence electrons. The molecule has 1 unspecified atom stereocenters. The molecule has 3 rings (SSSR count). The van der Waals surface area contributed by atoms with Gasteiger partial charge in [-0.3, -0.25) is 4.79 Å². The number of benzene rings is 2. The van der Waals surface area contributed by atoms with Gasteiger partial charge in [-0.25, -0.2) is 17.5 Å². The normalized spacial score (nSPS) is 12.7. The summed E-state index contributed by atoms with van der Waals surface area (Å²) < 4.78 is 77.7. The third-order valence-electron chi connectivity index (χ3n) is 5.02. The number of aromatic nitrogens is 2. The number of anilines is 1. The summed E-state index contributed by atoms with van der Waals surface area (Å²) in [4.78, 5) is 12.5. The van der Waals surface area contributed by atoms with Gasteiger partial charge < -0.3 is 5.32 Å². The Bertz CT molecular complexity index is 1430. The first-order valence-corrected chi connectivity index (χ1v) is 13.6. The van der Waals surface area contributed by atoms with Gasteiger partial charge in [-0.2, -0.15) is 18.3 Å². The van der Waals surface area contributed by atoms with E-state index in [4.69, 9.17) is 0 Å². The highest BCUT2D eigenvalue weighted by Gasteiger charge is 2.40. The molecule has 6 nitrogen and oxygen atoms in total. The minimum Gasteiger partial charge on any atom is -0.324 e. The van der Waals surface area contributed by atoms with Crippen LogP contribution >= 0.6 is 0 Å². The first kappa shape index (κ1) is 31.2. The third kappa shape index (κ3) is 9.36. The van der Waals surface area contributed by atoms with Gasteiger partial charge in [0.25, 0.3) is 0 Å². The molecule has 1 amide bonds. The second-order valence-corrected chi connectivity index (χ2v) is 10.3. The predicted octanol–water partition coefficient (Wildman–Crippen LogP) is 6.73. The molecular formula is C28H29F4N3O3S. The van der Waals surface area contributed by atoms with Crippen LogP contribution in [0.2, 0.25) is 0 Å². The number of carbonyl (C=O) groups is 1.